The lowest BCUT2D eigenvalue weighted by Gasteiger charge is -2.33. The highest BCUT2D eigenvalue weighted by atomic mass is 16.6. The van der Waals surface area contributed by atoms with Gasteiger partial charge >= 0.3 is 6.09 Å². The minimum absolute atomic E-state index is 0.292. The highest BCUT2D eigenvalue weighted by molar-refractivity contribution is 5.67. The lowest BCUT2D eigenvalue weighted by molar-refractivity contribution is 0.0516. The molecule has 1 amide bonds. The van der Waals surface area contributed by atoms with Gasteiger partial charge in [-0.3, -0.25) is 0 Å². The summed E-state index contributed by atoms with van der Waals surface area (Å²) in [5.41, 5.74) is -0.0168. The molecule has 3 unspecified atom stereocenters. The largest absolute Gasteiger partial charge is 0.444 e. The first-order valence-electron chi connectivity index (χ1n) is 8.90. The first-order chi connectivity index (χ1) is 10.2. The molecule has 0 spiro atoms. The van der Waals surface area contributed by atoms with Crippen molar-refractivity contribution in [1.29, 1.82) is 0 Å². The number of nitrogens with one attached hydrogen (secondary N) is 2. The maximum absolute atomic E-state index is 11.8. The van der Waals surface area contributed by atoms with Crippen LogP contribution in [0, 0.1) is 11.3 Å². The van der Waals surface area contributed by atoms with Gasteiger partial charge in [-0.2, -0.15) is 0 Å². The minimum atomic E-state index is -0.425. The monoisotopic (exact) mass is 310 g/mol. The number of carbonyl (C=O) groups excluding carboxylic acids is 1. The zero-order chi connectivity index (χ0) is 16.4. The number of alkyl carbamates (subject to hydrolysis) is 1. The average molecular weight is 310 g/mol. The Balaban J connectivity index is 1.80. The third kappa shape index (κ3) is 4.87. The van der Waals surface area contributed by atoms with Gasteiger partial charge in [0.05, 0.1) is 0 Å². The van der Waals surface area contributed by atoms with Crippen LogP contribution in [-0.4, -0.2) is 30.3 Å². The van der Waals surface area contributed by atoms with Gasteiger partial charge in [0.2, 0.25) is 0 Å². The Bertz CT molecular complexity index is 387. The summed E-state index contributed by atoms with van der Waals surface area (Å²) < 4.78 is 5.33. The summed E-state index contributed by atoms with van der Waals surface area (Å²) in [7, 11) is 0. The average Bonchev–Trinajstić information content (AvgIpc) is 2.93. The molecule has 2 fully saturated rings. The van der Waals surface area contributed by atoms with Crippen LogP contribution in [0.2, 0.25) is 0 Å². The van der Waals surface area contributed by atoms with E-state index in [1.807, 2.05) is 20.8 Å². The number of amides is 1. The Kier molecular flexibility index (Phi) is 5.41. The second-order valence-corrected chi connectivity index (χ2v) is 8.78. The first kappa shape index (κ1) is 17.6. The van der Waals surface area contributed by atoms with Crippen LogP contribution >= 0.6 is 0 Å². The van der Waals surface area contributed by atoms with E-state index in [1.165, 1.54) is 38.5 Å². The van der Waals surface area contributed by atoms with Gasteiger partial charge in [0.15, 0.2) is 0 Å². The molecule has 2 rings (SSSR count). The van der Waals surface area contributed by atoms with Gasteiger partial charge in [0.1, 0.15) is 5.60 Å². The summed E-state index contributed by atoms with van der Waals surface area (Å²) in [4.78, 5) is 11.8. The van der Waals surface area contributed by atoms with Crippen LogP contribution in [0.15, 0.2) is 0 Å². The van der Waals surface area contributed by atoms with Crippen LogP contribution in [0.5, 0.6) is 0 Å². The Morgan fingerprint density at radius 2 is 1.91 bits per heavy atom. The van der Waals surface area contributed by atoms with Crippen LogP contribution in [0.4, 0.5) is 4.79 Å². The van der Waals surface area contributed by atoms with Crippen molar-refractivity contribution < 1.29 is 9.53 Å². The molecule has 0 saturated heterocycles. The number of hydrogen-bond donors (Lipinski definition) is 2. The molecule has 22 heavy (non-hydrogen) atoms. The zero-order valence-corrected chi connectivity index (χ0v) is 15.0. The standard InChI is InChI=1S/C18H34N2O2/c1-17(2,3)22-16(21)19-12-13-8-6-9-14(13)20-15-10-7-11-18(15,4)5/h13-15,20H,6-12H2,1-5H3,(H,19,21). The molecule has 0 bridgehead atoms. The van der Waals surface area contributed by atoms with E-state index in [2.05, 4.69) is 24.5 Å². The van der Waals surface area contributed by atoms with E-state index >= 15 is 0 Å². The van der Waals surface area contributed by atoms with E-state index in [0.29, 0.717) is 23.4 Å². The maximum Gasteiger partial charge on any atom is 0.407 e. The van der Waals surface area contributed by atoms with E-state index < -0.39 is 5.60 Å². The van der Waals surface area contributed by atoms with Gasteiger partial charge in [0, 0.05) is 18.6 Å². The van der Waals surface area contributed by atoms with E-state index in [1.54, 1.807) is 0 Å². The van der Waals surface area contributed by atoms with E-state index in [-0.39, 0.29) is 6.09 Å². The van der Waals surface area contributed by atoms with Gasteiger partial charge in [-0.05, 0) is 57.8 Å². The van der Waals surface area contributed by atoms with E-state index in [4.69, 9.17) is 4.74 Å². The molecule has 4 nitrogen and oxygen atoms in total. The zero-order valence-electron chi connectivity index (χ0n) is 15.0. The van der Waals surface area contributed by atoms with Crippen molar-refractivity contribution in [3.8, 4) is 0 Å². The minimum Gasteiger partial charge on any atom is -0.444 e. The molecule has 3 atom stereocenters. The SMILES string of the molecule is CC(C)(C)OC(=O)NCC1CCCC1NC1CCCC1(C)C. The molecule has 0 aliphatic heterocycles. The van der Waals surface area contributed by atoms with Crippen LogP contribution in [-0.2, 0) is 4.74 Å². The predicted octanol–water partition coefficient (Wildman–Crippen LogP) is 3.85. The normalized spacial score (nSPS) is 31.2. The number of ether oxygens (including phenoxy) is 1. The quantitative estimate of drug-likeness (QED) is 0.829. The molecule has 2 N–H and O–H groups in total. The molecule has 0 radical (unpaired) electrons. The molecule has 0 aromatic heterocycles. The van der Waals surface area contributed by atoms with E-state index in [9.17, 15) is 4.79 Å². The Morgan fingerprint density at radius 3 is 2.50 bits per heavy atom. The Hall–Kier alpha value is -0.770. The van der Waals surface area contributed by atoms with Crippen molar-refractivity contribution in [3.63, 3.8) is 0 Å². The number of carbonyl (C=O) groups is 1. The summed E-state index contributed by atoms with van der Waals surface area (Å²) in [6.45, 7) is 11.2. The summed E-state index contributed by atoms with van der Waals surface area (Å²) in [6, 6.07) is 1.16. The van der Waals surface area contributed by atoms with Gasteiger partial charge in [-0.1, -0.05) is 26.7 Å². The van der Waals surface area contributed by atoms with Gasteiger partial charge in [-0.15, -0.1) is 0 Å². The third-order valence-electron chi connectivity index (χ3n) is 5.24. The molecule has 2 saturated carbocycles. The van der Waals surface area contributed by atoms with Crippen LogP contribution in [0.3, 0.4) is 0 Å². The number of rotatable bonds is 4. The predicted molar refractivity (Wildman–Crippen MR) is 89.9 cm³/mol. The number of hydrogen-bond acceptors (Lipinski definition) is 3. The molecule has 4 heteroatoms. The molecular formula is C18H34N2O2. The van der Waals surface area contributed by atoms with Crippen LogP contribution in [0.1, 0.15) is 73.1 Å². The van der Waals surface area contributed by atoms with Crippen LogP contribution in [0.25, 0.3) is 0 Å². The fourth-order valence-electron chi connectivity index (χ4n) is 3.92. The molecule has 2 aliphatic carbocycles. The Morgan fingerprint density at radius 1 is 1.18 bits per heavy atom. The lowest BCUT2D eigenvalue weighted by atomic mass is 9.86. The molecule has 0 aromatic rings. The van der Waals surface area contributed by atoms with Crippen molar-refractivity contribution >= 4 is 6.09 Å². The van der Waals surface area contributed by atoms with Gasteiger partial charge in [0.25, 0.3) is 0 Å². The summed E-state index contributed by atoms with van der Waals surface area (Å²) >= 11 is 0. The van der Waals surface area contributed by atoms with Crippen molar-refractivity contribution in [2.75, 3.05) is 6.54 Å². The summed E-state index contributed by atoms with van der Waals surface area (Å²) in [6.07, 6.45) is 7.32. The van der Waals surface area contributed by atoms with Gasteiger partial charge < -0.3 is 15.4 Å². The topological polar surface area (TPSA) is 50.4 Å². The first-order valence-corrected chi connectivity index (χ1v) is 8.90. The van der Waals surface area contributed by atoms with E-state index in [0.717, 1.165) is 6.54 Å². The summed E-state index contributed by atoms with van der Waals surface area (Å²) in [5, 5.41) is 6.85. The summed E-state index contributed by atoms with van der Waals surface area (Å²) in [5.74, 6) is 0.531. The molecule has 2 aliphatic rings. The maximum atomic E-state index is 11.8. The second kappa shape index (κ2) is 6.77. The fraction of sp³-hybridized carbons (Fsp3) is 0.944. The molecule has 128 valence electrons. The second-order valence-electron chi connectivity index (χ2n) is 8.78. The molecule has 0 heterocycles. The van der Waals surface area contributed by atoms with Crippen molar-refractivity contribution in [2.24, 2.45) is 11.3 Å². The van der Waals surface area contributed by atoms with Crippen molar-refractivity contribution in [2.45, 2.75) is 90.8 Å². The molecule has 0 aromatic carbocycles. The highest BCUT2D eigenvalue weighted by Crippen LogP contribution is 2.39. The van der Waals surface area contributed by atoms with Crippen LogP contribution < -0.4 is 10.6 Å². The molecular weight excluding hydrogens is 276 g/mol. The fourth-order valence-corrected chi connectivity index (χ4v) is 3.92. The highest BCUT2D eigenvalue weighted by Gasteiger charge is 2.38. The van der Waals surface area contributed by atoms with Crippen molar-refractivity contribution in [1.82, 2.24) is 10.6 Å². The van der Waals surface area contributed by atoms with Gasteiger partial charge in [-0.25, -0.2) is 4.79 Å². The van der Waals surface area contributed by atoms with Crippen molar-refractivity contribution in [3.05, 3.63) is 0 Å². The lowest BCUT2D eigenvalue weighted by Crippen LogP contribution is -2.47. The smallest absolute Gasteiger partial charge is 0.407 e. The Labute approximate surface area is 135 Å². The third-order valence-corrected chi connectivity index (χ3v) is 5.24.